The third-order valence-electron chi connectivity index (χ3n) is 6.15. The largest absolute Gasteiger partial charge is 0.496 e. The Bertz CT molecular complexity index is 1470. The number of aromatic nitrogens is 3. The van der Waals surface area contributed by atoms with Crippen molar-refractivity contribution in [2.75, 3.05) is 51.1 Å². The maximum absolute atomic E-state index is 13.0. The third kappa shape index (κ3) is 4.60. The molecule has 1 fully saturated rings. The molecule has 2 N–H and O–H groups in total. The fourth-order valence-electron chi connectivity index (χ4n) is 4.05. The molecule has 3 heterocycles. The van der Waals surface area contributed by atoms with Crippen molar-refractivity contribution in [3.05, 3.63) is 70.3 Å². The van der Waals surface area contributed by atoms with E-state index in [9.17, 15) is 9.59 Å². The summed E-state index contributed by atoms with van der Waals surface area (Å²) in [5.74, 6) is 0.612. The van der Waals surface area contributed by atoms with Crippen molar-refractivity contribution in [3.8, 4) is 5.75 Å². The van der Waals surface area contributed by atoms with Gasteiger partial charge in [0.1, 0.15) is 11.3 Å². The highest BCUT2D eigenvalue weighted by molar-refractivity contribution is 5.97. The second kappa shape index (κ2) is 9.70. The van der Waals surface area contributed by atoms with E-state index in [1.54, 1.807) is 42.6 Å². The maximum Gasteiger partial charge on any atom is 0.439 e. The lowest BCUT2D eigenvalue weighted by Gasteiger charge is -2.32. The number of amides is 1. The van der Waals surface area contributed by atoms with E-state index in [-0.39, 0.29) is 5.91 Å². The lowest BCUT2D eigenvalue weighted by Crippen LogP contribution is -2.47. The molecule has 0 atom stereocenters. The zero-order chi connectivity index (χ0) is 25.2. The molecule has 4 aromatic rings. The van der Waals surface area contributed by atoms with E-state index in [4.69, 9.17) is 9.15 Å². The van der Waals surface area contributed by atoms with Crippen LogP contribution in [0.1, 0.15) is 15.9 Å². The average Bonchev–Trinajstić information content (AvgIpc) is 3.20. The summed E-state index contributed by atoms with van der Waals surface area (Å²) in [6.45, 7) is 4.88. The van der Waals surface area contributed by atoms with E-state index in [1.165, 1.54) is 11.8 Å². The summed E-state index contributed by atoms with van der Waals surface area (Å²) in [6.07, 6.45) is 1.65. The zero-order valence-corrected chi connectivity index (χ0v) is 20.3. The number of nitrogens with one attached hydrogen (secondary N) is 2. The molecule has 0 bridgehead atoms. The van der Waals surface area contributed by atoms with Crippen LogP contribution in [0.4, 0.5) is 17.5 Å². The van der Waals surface area contributed by atoms with Gasteiger partial charge in [-0.1, -0.05) is 12.1 Å². The molecule has 186 valence electrons. The van der Waals surface area contributed by atoms with Crippen LogP contribution in [0.15, 0.2) is 57.9 Å². The van der Waals surface area contributed by atoms with Gasteiger partial charge in [-0.15, -0.1) is 0 Å². The van der Waals surface area contributed by atoms with Crippen LogP contribution in [-0.2, 0) is 0 Å². The quantitative estimate of drug-likeness (QED) is 0.421. The minimum atomic E-state index is -0.547. The Morgan fingerprint density at radius 2 is 1.89 bits per heavy atom. The SMILES string of the molecule is COc1cc(Nc2ncc(C)c(Nn3c(=O)oc4ccccc43)n2)ccc1C(=O)N1CCN(C)CC1. The first-order chi connectivity index (χ1) is 17.4. The minimum absolute atomic E-state index is 0.0534. The van der Waals surface area contributed by atoms with Crippen molar-refractivity contribution in [3.63, 3.8) is 0 Å². The summed E-state index contributed by atoms with van der Waals surface area (Å²) in [7, 11) is 3.59. The smallest absolute Gasteiger partial charge is 0.439 e. The molecule has 0 saturated carbocycles. The molecule has 2 aromatic carbocycles. The normalized spacial score (nSPS) is 14.1. The Morgan fingerprint density at radius 1 is 1.11 bits per heavy atom. The number of anilines is 3. The monoisotopic (exact) mass is 489 g/mol. The Kier molecular flexibility index (Phi) is 6.30. The number of nitrogens with zero attached hydrogens (tertiary/aromatic N) is 5. The maximum atomic E-state index is 13.0. The number of carbonyl (C=O) groups excluding carboxylic acids is 1. The Hall–Kier alpha value is -4.38. The van der Waals surface area contributed by atoms with Crippen molar-refractivity contribution in [2.45, 2.75) is 6.92 Å². The number of aryl methyl sites for hydroxylation is 1. The minimum Gasteiger partial charge on any atom is -0.496 e. The van der Waals surface area contributed by atoms with Crippen molar-refractivity contribution in [1.29, 1.82) is 0 Å². The van der Waals surface area contributed by atoms with E-state index in [0.29, 0.717) is 53.0 Å². The molecule has 1 aliphatic heterocycles. The summed E-state index contributed by atoms with van der Waals surface area (Å²) in [4.78, 5) is 38.3. The molecule has 2 aromatic heterocycles. The van der Waals surface area contributed by atoms with E-state index >= 15 is 0 Å². The van der Waals surface area contributed by atoms with Gasteiger partial charge in [0.25, 0.3) is 5.91 Å². The molecule has 1 amide bonds. The highest BCUT2D eigenvalue weighted by atomic mass is 16.5. The van der Waals surface area contributed by atoms with Gasteiger partial charge in [-0.3, -0.25) is 10.2 Å². The number of piperazine rings is 1. The molecule has 36 heavy (non-hydrogen) atoms. The van der Waals surface area contributed by atoms with Gasteiger partial charge in [-0.25, -0.2) is 9.78 Å². The number of benzene rings is 2. The van der Waals surface area contributed by atoms with Crippen LogP contribution >= 0.6 is 0 Å². The summed E-state index contributed by atoms with van der Waals surface area (Å²) in [6, 6.07) is 12.4. The Balaban J connectivity index is 1.37. The second-order valence-electron chi connectivity index (χ2n) is 8.64. The standard InChI is InChI=1S/C25H27N7O4/c1-16-15-26-24(28-22(16)29-32-19-6-4-5-7-20(19)36-25(32)34)27-17-8-9-18(21(14-17)35-3)23(33)31-12-10-30(2)11-13-31/h4-9,14-15H,10-13H2,1-3H3,(H2,26,27,28,29). The van der Waals surface area contributed by atoms with Gasteiger partial charge < -0.3 is 24.3 Å². The first kappa shape index (κ1) is 23.4. The zero-order valence-electron chi connectivity index (χ0n) is 20.3. The molecule has 1 saturated heterocycles. The predicted octanol–water partition coefficient (Wildman–Crippen LogP) is 2.71. The van der Waals surface area contributed by atoms with Gasteiger partial charge >= 0.3 is 5.76 Å². The van der Waals surface area contributed by atoms with Crippen molar-refractivity contribution >= 4 is 34.5 Å². The molecule has 5 rings (SSSR count). The number of oxazole rings is 1. The fraction of sp³-hybridized carbons (Fsp3) is 0.280. The number of likely N-dealkylation sites (N-methyl/N-ethyl adjacent to an activating group) is 1. The first-order valence-electron chi connectivity index (χ1n) is 11.6. The fourth-order valence-corrected chi connectivity index (χ4v) is 4.05. The van der Waals surface area contributed by atoms with Crippen molar-refractivity contribution in [1.82, 2.24) is 24.4 Å². The summed E-state index contributed by atoms with van der Waals surface area (Å²) < 4.78 is 12.1. The van der Waals surface area contributed by atoms with Gasteiger partial charge in [-0.05, 0) is 38.2 Å². The van der Waals surface area contributed by atoms with Crippen LogP contribution in [0.25, 0.3) is 11.1 Å². The number of methoxy groups -OCH3 is 1. The van der Waals surface area contributed by atoms with Crippen LogP contribution < -0.4 is 21.2 Å². The van der Waals surface area contributed by atoms with Crippen LogP contribution in [0.5, 0.6) is 5.75 Å². The number of fused-ring (bicyclic) bond motifs is 1. The van der Waals surface area contributed by atoms with E-state index in [0.717, 1.165) is 18.7 Å². The number of para-hydroxylation sites is 2. The highest BCUT2D eigenvalue weighted by Gasteiger charge is 2.23. The Morgan fingerprint density at radius 3 is 2.67 bits per heavy atom. The van der Waals surface area contributed by atoms with E-state index < -0.39 is 5.76 Å². The van der Waals surface area contributed by atoms with Crippen LogP contribution in [-0.4, -0.2) is 70.7 Å². The molecular weight excluding hydrogens is 462 g/mol. The molecule has 0 aliphatic carbocycles. The van der Waals surface area contributed by atoms with Crippen LogP contribution in [0, 0.1) is 6.92 Å². The molecule has 0 unspecified atom stereocenters. The lowest BCUT2D eigenvalue weighted by molar-refractivity contribution is 0.0661. The van der Waals surface area contributed by atoms with Gasteiger partial charge in [0.05, 0.1) is 12.7 Å². The first-order valence-corrected chi connectivity index (χ1v) is 11.6. The topological polar surface area (TPSA) is 118 Å². The summed E-state index contributed by atoms with van der Waals surface area (Å²) in [5.41, 5.74) is 5.98. The van der Waals surface area contributed by atoms with E-state index in [2.05, 4.69) is 25.6 Å². The molecular formula is C25H27N7O4. The number of hydrogen-bond acceptors (Lipinski definition) is 9. The van der Waals surface area contributed by atoms with Gasteiger partial charge in [0.15, 0.2) is 11.4 Å². The molecule has 11 nitrogen and oxygen atoms in total. The van der Waals surface area contributed by atoms with Gasteiger partial charge in [0, 0.05) is 49.7 Å². The molecule has 11 heteroatoms. The molecule has 0 radical (unpaired) electrons. The van der Waals surface area contributed by atoms with Gasteiger partial charge in [0.2, 0.25) is 5.95 Å². The molecule has 0 spiro atoms. The van der Waals surface area contributed by atoms with Crippen molar-refractivity contribution in [2.24, 2.45) is 0 Å². The van der Waals surface area contributed by atoms with E-state index in [1.807, 2.05) is 24.9 Å². The highest BCUT2D eigenvalue weighted by Crippen LogP contribution is 2.27. The number of rotatable bonds is 6. The number of ether oxygens (including phenoxy) is 1. The predicted molar refractivity (Wildman–Crippen MR) is 136 cm³/mol. The number of carbonyl (C=O) groups is 1. The summed E-state index contributed by atoms with van der Waals surface area (Å²) in [5, 5.41) is 3.14. The van der Waals surface area contributed by atoms with Crippen molar-refractivity contribution < 1.29 is 13.9 Å². The summed E-state index contributed by atoms with van der Waals surface area (Å²) >= 11 is 0. The third-order valence-corrected chi connectivity index (χ3v) is 6.15. The average molecular weight is 490 g/mol. The van der Waals surface area contributed by atoms with Crippen LogP contribution in [0.3, 0.4) is 0 Å². The molecule has 1 aliphatic rings. The Labute approximate surface area is 207 Å². The number of hydrogen-bond donors (Lipinski definition) is 2. The second-order valence-corrected chi connectivity index (χ2v) is 8.64. The van der Waals surface area contributed by atoms with Crippen LogP contribution in [0.2, 0.25) is 0 Å². The van der Waals surface area contributed by atoms with Gasteiger partial charge in [-0.2, -0.15) is 9.66 Å². The lowest BCUT2D eigenvalue weighted by atomic mass is 10.1.